The molecule has 0 amide bonds. The molecule has 0 saturated heterocycles. The van der Waals surface area contributed by atoms with Crippen molar-refractivity contribution in [1.29, 1.82) is 0 Å². The highest BCUT2D eigenvalue weighted by Gasteiger charge is 2.29. The van der Waals surface area contributed by atoms with Crippen LogP contribution in [-0.4, -0.2) is 31.4 Å². The van der Waals surface area contributed by atoms with Crippen LogP contribution in [0.25, 0.3) is 0 Å². The highest BCUT2D eigenvalue weighted by Crippen LogP contribution is 2.37. The predicted octanol–water partition coefficient (Wildman–Crippen LogP) is 0.996. The van der Waals surface area contributed by atoms with E-state index in [1.165, 1.54) is 6.33 Å². The fraction of sp³-hybridized carbons (Fsp3) is 0.467. The van der Waals surface area contributed by atoms with Crippen molar-refractivity contribution in [2.45, 2.75) is 38.3 Å². The largest absolute Gasteiger partial charge is 0.310 e. The van der Waals surface area contributed by atoms with Crippen LogP contribution >= 0.6 is 0 Å². The molecule has 1 fully saturated rings. The molecule has 108 valence electrons. The van der Waals surface area contributed by atoms with Gasteiger partial charge in [-0.3, -0.25) is 9.69 Å². The molecule has 1 saturated carbocycles. The van der Waals surface area contributed by atoms with E-state index in [0.717, 1.165) is 55.0 Å². The van der Waals surface area contributed by atoms with Crippen LogP contribution in [-0.2, 0) is 19.5 Å². The first-order valence-electron chi connectivity index (χ1n) is 7.38. The molecule has 21 heavy (non-hydrogen) atoms. The third-order valence-corrected chi connectivity index (χ3v) is 4.15. The number of nitrogens with zero attached hydrogens (tertiary/aromatic N) is 4. The molecule has 6 nitrogen and oxygen atoms in total. The van der Waals surface area contributed by atoms with Gasteiger partial charge in [0.05, 0.1) is 11.3 Å². The number of aromatic nitrogens is 4. The standard InChI is InChI=1S/C15H17N5O/c21-15-12-8-20(7-10-5-16-9-17-6-10)4-3-13(12)18-14(19-15)11-1-2-11/h5-6,9,11H,1-4,7-8H2,(H,18,19,21). The Morgan fingerprint density at radius 3 is 2.86 bits per heavy atom. The summed E-state index contributed by atoms with van der Waals surface area (Å²) in [6.45, 7) is 2.34. The van der Waals surface area contributed by atoms with E-state index in [1.54, 1.807) is 0 Å². The van der Waals surface area contributed by atoms with Gasteiger partial charge in [0.25, 0.3) is 5.56 Å². The van der Waals surface area contributed by atoms with E-state index in [0.29, 0.717) is 12.5 Å². The summed E-state index contributed by atoms with van der Waals surface area (Å²) in [4.78, 5) is 30.2. The SMILES string of the molecule is O=c1[nH]c(C2CC2)nc2c1CN(Cc1cncnc1)CC2. The number of hydrogen-bond donors (Lipinski definition) is 1. The van der Waals surface area contributed by atoms with Crippen LogP contribution in [0.15, 0.2) is 23.5 Å². The zero-order chi connectivity index (χ0) is 14.2. The van der Waals surface area contributed by atoms with E-state index >= 15 is 0 Å². The van der Waals surface area contributed by atoms with Crippen molar-refractivity contribution in [3.63, 3.8) is 0 Å². The Balaban J connectivity index is 1.56. The molecule has 1 N–H and O–H groups in total. The van der Waals surface area contributed by atoms with Gasteiger partial charge < -0.3 is 4.98 Å². The number of aromatic amines is 1. The first kappa shape index (κ1) is 12.6. The van der Waals surface area contributed by atoms with Crippen molar-refractivity contribution in [3.05, 3.63) is 51.7 Å². The Kier molecular flexibility index (Phi) is 3.03. The van der Waals surface area contributed by atoms with Crippen LogP contribution in [0.5, 0.6) is 0 Å². The summed E-state index contributed by atoms with van der Waals surface area (Å²) in [5, 5.41) is 0. The van der Waals surface area contributed by atoms with Crippen molar-refractivity contribution in [3.8, 4) is 0 Å². The van der Waals surface area contributed by atoms with Gasteiger partial charge in [-0.15, -0.1) is 0 Å². The predicted molar refractivity (Wildman–Crippen MR) is 76.7 cm³/mol. The van der Waals surface area contributed by atoms with Crippen LogP contribution in [0.3, 0.4) is 0 Å². The molecule has 6 heteroatoms. The lowest BCUT2D eigenvalue weighted by Gasteiger charge is -2.27. The van der Waals surface area contributed by atoms with Crippen molar-refractivity contribution >= 4 is 0 Å². The molecule has 4 rings (SSSR count). The Labute approximate surface area is 122 Å². The molecule has 1 aliphatic carbocycles. The highest BCUT2D eigenvalue weighted by atomic mass is 16.1. The molecule has 0 unspecified atom stereocenters. The van der Waals surface area contributed by atoms with Crippen molar-refractivity contribution < 1.29 is 0 Å². The fourth-order valence-corrected chi connectivity index (χ4v) is 2.86. The second kappa shape index (κ2) is 5.04. The molecule has 2 aromatic rings. The number of H-pyrrole nitrogens is 1. The van der Waals surface area contributed by atoms with Gasteiger partial charge in [0, 0.05) is 49.9 Å². The Hall–Kier alpha value is -2.08. The number of nitrogens with one attached hydrogen (secondary N) is 1. The van der Waals surface area contributed by atoms with Crippen LogP contribution in [0.4, 0.5) is 0 Å². The number of fused-ring (bicyclic) bond motifs is 1. The van der Waals surface area contributed by atoms with E-state index in [9.17, 15) is 4.79 Å². The molecule has 0 spiro atoms. The molecular formula is C15H17N5O. The third-order valence-electron chi connectivity index (χ3n) is 4.15. The summed E-state index contributed by atoms with van der Waals surface area (Å²) < 4.78 is 0. The maximum absolute atomic E-state index is 12.3. The normalized spacial score (nSPS) is 18.5. The van der Waals surface area contributed by atoms with E-state index in [1.807, 2.05) is 12.4 Å². The van der Waals surface area contributed by atoms with Gasteiger partial charge in [0.2, 0.25) is 0 Å². The van der Waals surface area contributed by atoms with Gasteiger partial charge in [0.15, 0.2) is 0 Å². The van der Waals surface area contributed by atoms with Crippen molar-refractivity contribution in [2.75, 3.05) is 6.54 Å². The zero-order valence-electron chi connectivity index (χ0n) is 11.7. The summed E-state index contributed by atoms with van der Waals surface area (Å²) in [5.41, 5.74) is 2.92. The molecule has 0 aromatic carbocycles. The molecule has 3 heterocycles. The van der Waals surface area contributed by atoms with Crippen LogP contribution < -0.4 is 5.56 Å². The second-order valence-electron chi connectivity index (χ2n) is 5.86. The second-order valence-corrected chi connectivity index (χ2v) is 5.86. The van der Waals surface area contributed by atoms with Gasteiger partial charge in [0.1, 0.15) is 12.2 Å². The third kappa shape index (κ3) is 2.58. The number of hydrogen-bond acceptors (Lipinski definition) is 5. The minimum Gasteiger partial charge on any atom is -0.310 e. The molecule has 0 radical (unpaired) electrons. The maximum Gasteiger partial charge on any atom is 0.255 e. The molecule has 0 bridgehead atoms. The average molecular weight is 283 g/mol. The van der Waals surface area contributed by atoms with Gasteiger partial charge >= 0.3 is 0 Å². The summed E-state index contributed by atoms with van der Waals surface area (Å²) in [5.74, 6) is 1.38. The topological polar surface area (TPSA) is 74.8 Å². The minimum atomic E-state index is 0.0379. The van der Waals surface area contributed by atoms with E-state index in [4.69, 9.17) is 0 Å². The summed E-state index contributed by atoms with van der Waals surface area (Å²) in [7, 11) is 0. The minimum absolute atomic E-state index is 0.0379. The van der Waals surface area contributed by atoms with Crippen molar-refractivity contribution in [2.24, 2.45) is 0 Å². The van der Waals surface area contributed by atoms with Crippen LogP contribution in [0.2, 0.25) is 0 Å². The molecular weight excluding hydrogens is 266 g/mol. The van der Waals surface area contributed by atoms with E-state index in [2.05, 4.69) is 24.8 Å². The van der Waals surface area contributed by atoms with Crippen LogP contribution in [0.1, 0.15) is 41.4 Å². The summed E-state index contributed by atoms with van der Waals surface area (Å²) >= 11 is 0. The quantitative estimate of drug-likeness (QED) is 0.909. The van der Waals surface area contributed by atoms with Gasteiger partial charge in [-0.1, -0.05) is 0 Å². The monoisotopic (exact) mass is 283 g/mol. The zero-order valence-corrected chi connectivity index (χ0v) is 11.7. The molecule has 2 aliphatic rings. The molecule has 0 atom stereocenters. The lowest BCUT2D eigenvalue weighted by Crippen LogP contribution is -2.35. The smallest absolute Gasteiger partial charge is 0.255 e. The summed E-state index contributed by atoms with van der Waals surface area (Å²) in [6.07, 6.45) is 8.32. The molecule has 1 aliphatic heterocycles. The van der Waals surface area contributed by atoms with E-state index in [-0.39, 0.29) is 5.56 Å². The van der Waals surface area contributed by atoms with Gasteiger partial charge in [-0.05, 0) is 12.8 Å². The maximum atomic E-state index is 12.3. The Morgan fingerprint density at radius 1 is 1.29 bits per heavy atom. The Bertz CT molecular complexity index is 708. The highest BCUT2D eigenvalue weighted by molar-refractivity contribution is 5.23. The average Bonchev–Trinajstić information content (AvgIpc) is 3.33. The van der Waals surface area contributed by atoms with Gasteiger partial charge in [-0.2, -0.15) is 0 Å². The summed E-state index contributed by atoms with van der Waals surface area (Å²) in [6, 6.07) is 0. The molecule has 2 aromatic heterocycles. The van der Waals surface area contributed by atoms with Crippen LogP contribution in [0, 0.1) is 0 Å². The van der Waals surface area contributed by atoms with Gasteiger partial charge in [-0.25, -0.2) is 15.0 Å². The lowest BCUT2D eigenvalue weighted by molar-refractivity contribution is 0.241. The number of rotatable bonds is 3. The lowest BCUT2D eigenvalue weighted by atomic mass is 10.1. The van der Waals surface area contributed by atoms with Crippen molar-refractivity contribution in [1.82, 2.24) is 24.8 Å². The van der Waals surface area contributed by atoms with E-state index < -0.39 is 0 Å². The Morgan fingerprint density at radius 2 is 2.10 bits per heavy atom. The fourth-order valence-electron chi connectivity index (χ4n) is 2.86. The first-order valence-corrected chi connectivity index (χ1v) is 7.38. The first-order chi connectivity index (χ1) is 10.3.